The second-order valence-electron chi connectivity index (χ2n) is 5.99. The maximum absolute atomic E-state index is 6.30. The van der Waals surface area contributed by atoms with Crippen LogP contribution in [-0.2, 0) is 6.42 Å². The lowest BCUT2D eigenvalue weighted by Crippen LogP contribution is -2.56. The van der Waals surface area contributed by atoms with Gasteiger partial charge in [-0.2, -0.15) is 0 Å². The van der Waals surface area contributed by atoms with Gasteiger partial charge in [0.05, 0.1) is 0 Å². The molecule has 20 heavy (non-hydrogen) atoms. The SMILES string of the molecule is CCCNC(Cc1cc(Cl)ccc1Cl)C(C)(C)N(C)C. The van der Waals surface area contributed by atoms with Crippen molar-refractivity contribution in [3.63, 3.8) is 0 Å². The minimum Gasteiger partial charge on any atom is -0.312 e. The van der Waals surface area contributed by atoms with Crippen molar-refractivity contribution in [2.24, 2.45) is 0 Å². The second kappa shape index (κ2) is 7.65. The molecular formula is C16H26Cl2N2. The predicted octanol–water partition coefficient (Wildman–Crippen LogP) is 4.24. The molecule has 1 N–H and O–H groups in total. The Hall–Kier alpha value is -0.280. The van der Waals surface area contributed by atoms with Crippen molar-refractivity contribution >= 4 is 23.2 Å². The number of likely N-dealkylation sites (N-methyl/N-ethyl adjacent to an activating group) is 1. The Balaban J connectivity index is 2.97. The van der Waals surface area contributed by atoms with E-state index in [1.54, 1.807) is 0 Å². The van der Waals surface area contributed by atoms with Crippen LogP contribution in [0.5, 0.6) is 0 Å². The Morgan fingerprint density at radius 3 is 2.45 bits per heavy atom. The summed E-state index contributed by atoms with van der Waals surface area (Å²) in [5, 5.41) is 5.16. The van der Waals surface area contributed by atoms with E-state index in [-0.39, 0.29) is 5.54 Å². The number of hydrogen-bond acceptors (Lipinski definition) is 2. The van der Waals surface area contributed by atoms with E-state index >= 15 is 0 Å². The Labute approximate surface area is 133 Å². The molecule has 2 nitrogen and oxygen atoms in total. The summed E-state index contributed by atoms with van der Waals surface area (Å²) in [4.78, 5) is 2.25. The van der Waals surface area contributed by atoms with Crippen LogP contribution in [-0.4, -0.2) is 37.1 Å². The van der Waals surface area contributed by atoms with E-state index in [9.17, 15) is 0 Å². The molecule has 1 atom stereocenters. The normalized spacial score (nSPS) is 13.8. The number of nitrogens with one attached hydrogen (secondary N) is 1. The van der Waals surface area contributed by atoms with Gasteiger partial charge in [0.1, 0.15) is 0 Å². The Morgan fingerprint density at radius 2 is 1.90 bits per heavy atom. The van der Waals surface area contributed by atoms with Gasteiger partial charge in [0.15, 0.2) is 0 Å². The molecule has 4 heteroatoms. The number of benzene rings is 1. The van der Waals surface area contributed by atoms with Gasteiger partial charge in [-0.3, -0.25) is 0 Å². The van der Waals surface area contributed by atoms with Crippen molar-refractivity contribution in [3.8, 4) is 0 Å². The number of hydrogen-bond donors (Lipinski definition) is 1. The molecule has 0 bridgehead atoms. The summed E-state index contributed by atoms with van der Waals surface area (Å²) in [5.74, 6) is 0. The van der Waals surface area contributed by atoms with Gasteiger partial charge in [0.2, 0.25) is 0 Å². The van der Waals surface area contributed by atoms with Gasteiger partial charge in [-0.1, -0.05) is 30.1 Å². The molecule has 0 heterocycles. The molecular weight excluding hydrogens is 291 g/mol. The molecule has 0 saturated heterocycles. The van der Waals surface area contributed by atoms with Crippen molar-refractivity contribution in [2.75, 3.05) is 20.6 Å². The molecule has 1 aromatic rings. The van der Waals surface area contributed by atoms with Gasteiger partial charge < -0.3 is 10.2 Å². The van der Waals surface area contributed by atoms with E-state index in [1.807, 2.05) is 18.2 Å². The van der Waals surface area contributed by atoms with E-state index in [1.165, 1.54) is 0 Å². The summed E-state index contributed by atoms with van der Waals surface area (Å²) in [6, 6.07) is 5.99. The molecule has 0 saturated carbocycles. The smallest absolute Gasteiger partial charge is 0.0439 e. The number of nitrogens with zero attached hydrogens (tertiary/aromatic N) is 1. The highest BCUT2D eigenvalue weighted by molar-refractivity contribution is 6.33. The standard InChI is InChI=1S/C16H26Cl2N2/c1-6-9-19-15(16(2,3)20(4)5)11-12-10-13(17)7-8-14(12)18/h7-8,10,15,19H,6,9,11H2,1-5H3. The summed E-state index contributed by atoms with van der Waals surface area (Å²) < 4.78 is 0. The zero-order valence-corrected chi connectivity index (χ0v) is 14.6. The molecule has 1 unspecified atom stereocenters. The predicted molar refractivity (Wildman–Crippen MR) is 90.0 cm³/mol. The molecule has 0 aromatic heterocycles. The molecule has 0 aliphatic carbocycles. The van der Waals surface area contributed by atoms with Crippen LogP contribution < -0.4 is 5.32 Å². The van der Waals surface area contributed by atoms with E-state index in [0.717, 1.165) is 35.0 Å². The van der Waals surface area contributed by atoms with Crippen LogP contribution >= 0.6 is 23.2 Å². The summed E-state index contributed by atoms with van der Waals surface area (Å²) in [5.41, 5.74) is 1.13. The molecule has 114 valence electrons. The largest absolute Gasteiger partial charge is 0.312 e. The highest BCUT2D eigenvalue weighted by atomic mass is 35.5. The van der Waals surface area contributed by atoms with E-state index in [0.29, 0.717) is 6.04 Å². The molecule has 1 rings (SSSR count). The van der Waals surface area contributed by atoms with Crippen LogP contribution in [0.4, 0.5) is 0 Å². The maximum atomic E-state index is 6.30. The Bertz CT molecular complexity index is 430. The quantitative estimate of drug-likeness (QED) is 0.809. The van der Waals surface area contributed by atoms with E-state index in [2.05, 4.69) is 45.1 Å². The molecule has 0 spiro atoms. The van der Waals surface area contributed by atoms with Crippen LogP contribution in [0.3, 0.4) is 0 Å². The monoisotopic (exact) mass is 316 g/mol. The van der Waals surface area contributed by atoms with E-state index < -0.39 is 0 Å². The van der Waals surface area contributed by atoms with Gasteiger partial charge in [-0.15, -0.1) is 0 Å². The number of rotatable bonds is 7. The van der Waals surface area contributed by atoms with Crippen molar-refractivity contribution in [3.05, 3.63) is 33.8 Å². The molecule has 0 fully saturated rings. The maximum Gasteiger partial charge on any atom is 0.0439 e. The topological polar surface area (TPSA) is 15.3 Å². The zero-order valence-electron chi connectivity index (χ0n) is 13.1. The van der Waals surface area contributed by atoms with Gasteiger partial charge in [-0.25, -0.2) is 0 Å². The number of halogens is 2. The second-order valence-corrected chi connectivity index (χ2v) is 6.84. The highest BCUT2D eigenvalue weighted by Crippen LogP contribution is 2.26. The lowest BCUT2D eigenvalue weighted by atomic mass is 9.88. The van der Waals surface area contributed by atoms with Crippen molar-refractivity contribution < 1.29 is 0 Å². The molecule has 0 radical (unpaired) electrons. The fourth-order valence-electron chi connectivity index (χ4n) is 2.12. The van der Waals surface area contributed by atoms with Gasteiger partial charge in [0.25, 0.3) is 0 Å². The Kier molecular flexibility index (Phi) is 6.80. The summed E-state index contributed by atoms with van der Waals surface area (Å²) in [6.07, 6.45) is 1.98. The molecule has 0 amide bonds. The first-order valence-electron chi connectivity index (χ1n) is 7.13. The first-order valence-corrected chi connectivity index (χ1v) is 7.89. The van der Waals surface area contributed by atoms with Gasteiger partial charge in [-0.05, 0) is 71.1 Å². The first kappa shape index (κ1) is 17.8. The van der Waals surface area contributed by atoms with Crippen LogP contribution in [0.2, 0.25) is 10.0 Å². The Morgan fingerprint density at radius 1 is 1.25 bits per heavy atom. The summed E-state index contributed by atoms with van der Waals surface area (Å²) in [7, 11) is 4.22. The van der Waals surface area contributed by atoms with Crippen molar-refractivity contribution in [2.45, 2.75) is 45.2 Å². The third kappa shape index (κ3) is 4.63. The average molecular weight is 317 g/mol. The van der Waals surface area contributed by atoms with Crippen LogP contribution in [0, 0.1) is 0 Å². The van der Waals surface area contributed by atoms with Gasteiger partial charge >= 0.3 is 0 Å². The fourth-order valence-corrected chi connectivity index (χ4v) is 2.51. The highest BCUT2D eigenvalue weighted by Gasteiger charge is 2.31. The lowest BCUT2D eigenvalue weighted by Gasteiger charge is -2.41. The third-order valence-corrected chi connectivity index (χ3v) is 4.68. The van der Waals surface area contributed by atoms with Gasteiger partial charge in [0, 0.05) is 21.6 Å². The van der Waals surface area contributed by atoms with Crippen LogP contribution in [0.25, 0.3) is 0 Å². The van der Waals surface area contributed by atoms with Crippen LogP contribution in [0.1, 0.15) is 32.8 Å². The fraction of sp³-hybridized carbons (Fsp3) is 0.625. The minimum absolute atomic E-state index is 0.0286. The minimum atomic E-state index is 0.0286. The molecule has 0 aliphatic rings. The van der Waals surface area contributed by atoms with Crippen molar-refractivity contribution in [1.82, 2.24) is 10.2 Å². The first-order chi connectivity index (χ1) is 9.28. The molecule has 1 aromatic carbocycles. The molecule has 0 aliphatic heterocycles. The summed E-state index contributed by atoms with van der Waals surface area (Å²) >= 11 is 12.4. The third-order valence-electron chi connectivity index (χ3n) is 4.08. The lowest BCUT2D eigenvalue weighted by molar-refractivity contribution is 0.137. The zero-order chi connectivity index (χ0) is 15.3. The van der Waals surface area contributed by atoms with Crippen LogP contribution in [0.15, 0.2) is 18.2 Å². The average Bonchev–Trinajstić information content (AvgIpc) is 2.38. The van der Waals surface area contributed by atoms with Crippen molar-refractivity contribution in [1.29, 1.82) is 0 Å². The summed E-state index contributed by atoms with van der Waals surface area (Å²) in [6.45, 7) is 7.68. The van der Waals surface area contributed by atoms with E-state index in [4.69, 9.17) is 23.2 Å².